The number of thiophene rings is 1. The van der Waals surface area contributed by atoms with Crippen molar-refractivity contribution in [3.8, 4) is 17.1 Å². The number of carbonyl (C=O) groups is 3. The van der Waals surface area contributed by atoms with Gasteiger partial charge in [0.05, 0.1) is 35.3 Å². The third-order valence-corrected chi connectivity index (χ3v) is 7.90. The Morgan fingerprint density at radius 1 is 1.23 bits per heavy atom. The van der Waals surface area contributed by atoms with Crippen LogP contribution in [0.3, 0.4) is 0 Å². The van der Waals surface area contributed by atoms with Gasteiger partial charge in [0.2, 0.25) is 5.91 Å². The van der Waals surface area contributed by atoms with Gasteiger partial charge >= 0.3 is 12.1 Å². The zero-order valence-corrected chi connectivity index (χ0v) is 23.7. The first-order chi connectivity index (χ1) is 19.0. The molecule has 0 spiro atoms. The number of esters is 1. The number of rotatable bonds is 7. The van der Waals surface area contributed by atoms with Gasteiger partial charge < -0.3 is 19.5 Å². The van der Waals surface area contributed by atoms with Gasteiger partial charge in [-0.05, 0) is 50.8 Å². The molecule has 2 amide bonds. The standard InChI is InChI=1S/C29H32N4O6S/c1-6-17-15-29(17,26(35)37-5)32-25(34)22-13-18(16-33(22)27(36)39-28(2,3)4)38-23-14-21(19-9-7-8-11-30-19)31-20-10-12-40-24(20)23/h6-12,14,17-18,22H,1,13,15-16H2,2-5H3,(H,32,34)/t17-,18-,22+,29-/m1/s1. The first-order valence-corrected chi connectivity index (χ1v) is 13.9. The minimum absolute atomic E-state index is 0.122. The number of aromatic nitrogens is 2. The maximum Gasteiger partial charge on any atom is 0.411 e. The molecule has 0 bridgehead atoms. The molecule has 3 aromatic heterocycles. The maximum absolute atomic E-state index is 13.6. The van der Waals surface area contributed by atoms with Gasteiger partial charge in [-0.15, -0.1) is 17.9 Å². The molecule has 1 N–H and O–H groups in total. The molecule has 1 saturated carbocycles. The normalized spacial score (nSPS) is 23.9. The molecule has 1 saturated heterocycles. The van der Waals surface area contributed by atoms with Gasteiger partial charge in [-0.3, -0.25) is 14.7 Å². The molecule has 1 aliphatic heterocycles. The van der Waals surface area contributed by atoms with Crippen LogP contribution in [0.1, 0.15) is 33.6 Å². The summed E-state index contributed by atoms with van der Waals surface area (Å²) < 4.78 is 17.9. The van der Waals surface area contributed by atoms with E-state index < -0.39 is 41.3 Å². The van der Waals surface area contributed by atoms with Crippen LogP contribution >= 0.6 is 11.3 Å². The van der Waals surface area contributed by atoms with Crippen LogP contribution in [0, 0.1) is 5.92 Å². The van der Waals surface area contributed by atoms with Crippen LogP contribution in [-0.4, -0.2) is 69.8 Å². The van der Waals surface area contributed by atoms with Crippen LogP contribution in [0.4, 0.5) is 4.79 Å². The first-order valence-electron chi connectivity index (χ1n) is 13.0. The smallest absolute Gasteiger partial charge is 0.411 e. The number of pyridine rings is 2. The molecule has 4 heterocycles. The SMILES string of the molecule is C=C[C@@H]1C[C@]1(NC(=O)[C@@H]1C[C@@H](Oc2cc(-c3ccccn3)nc3ccsc23)CN1C(=O)OC(C)(C)C)C(=O)OC. The molecule has 40 heavy (non-hydrogen) atoms. The largest absolute Gasteiger partial charge is 0.487 e. The van der Waals surface area contributed by atoms with Crippen LogP contribution in [0.2, 0.25) is 0 Å². The van der Waals surface area contributed by atoms with Gasteiger partial charge in [0, 0.05) is 24.6 Å². The quantitative estimate of drug-likeness (QED) is 0.332. The average Bonchev–Trinajstić information content (AvgIpc) is 3.23. The van der Waals surface area contributed by atoms with E-state index in [2.05, 4.69) is 16.9 Å². The van der Waals surface area contributed by atoms with Crippen LogP contribution in [0.25, 0.3) is 21.6 Å². The van der Waals surface area contributed by atoms with Gasteiger partial charge in [-0.25, -0.2) is 14.6 Å². The second-order valence-electron chi connectivity index (χ2n) is 11.0. The van der Waals surface area contributed by atoms with Crippen LogP contribution in [-0.2, 0) is 19.1 Å². The topological polar surface area (TPSA) is 120 Å². The number of likely N-dealkylation sites (tertiary alicyclic amines) is 1. The van der Waals surface area contributed by atoms with E-state index in [9.17, 15) is 14.4 Å². The molecule has 0 radical (unpaired) electrons. The van der Waals surface area contributed by atoms with Crippen molar-refractivity contribution in [2.75, 3.05) is 13.7 Å². The number of hydrogen-bond donors (Lipinski definition) is 1. The molecule has 11 heteroatoms. The Balaban J connectivity index is 1.42. The highest BCUT2D eigenvalue weighted by atomic mass is 32.1. The first kappa shape index (κ1) is 27.6. The summed E-state index contributed by atoms with van der Waals surface area (Å²) in [7, 11) is 1.28. The number of ether oxygens (including phenoxy) is 3. The van der Waals surface area contributed by atoms with Crippen LogP contribution in [0.5, 0.6) is 5.75 Å². The zero-order chi connectivity index (χ0) is 28.7. The summed E-state index contributed by atoms with van der Waals surface area (Å²) in [5.41, 5.74) is 0.179. The Labute approximate surface area is 236 Å². The van der Waals surface area contributed by atoms with E-state index in [0.29, 0.717) is 23.6 Å². The minimum atomic E-state index is -1.18. The predicted molar refractivity (Wildman–Crippen MR) is 150 cm³/mol. The Morgan fingerprint density at radius 3 is 2.67 bits per heavy atom. The number of amides is 2. The highest BCUT2D eigenvalue weighted by Gasteiger charge is 2.62. The van der Waals surface area contributed by atoms with Crippen molar-refractivity contribution >= 4 is 39.5 Å². The monoisotopic (exact) mass is 564 g/mol. The molecule has 1 aliphatic carbocycles. The lowest BCUT2D eigenvalue weighted by molar-refractivity contribution is -0.147. The molecule has 0 aromatic carbocycles. The number of methoxy groups -OCH3 is 1. The van der Waals surface area contributed by atoms with E-state index in [1.807, 2.05) is 35.7 Å². The van der Waals surface area contributed by atoms with E-state index in [0.717, 1.165) is 10.2 Å². The Morgan fingerprint density at radius 2 is 2.02 bits per heavy atom. The second-order valence-corrected chi connectivity index (χ2v) is 11.9. The summed E-state index contributed by atoms with van der Waals surface area (Å²) in [6, 6.07) is 8.42. The van der Waals surface area contributed by atoms with Gasteiger partial charge in [-0.1, -0.05) is 12.1 Å². The number of fused-ring (bicyclic) bond motifs is 1. The van der Waals surface area contributed by atoms with Crippen LogP contribution < -0.4 is 10.1 Å². The third kappa shape index (κ3) is 5.38. The third-order valence-electron chi connectivity index (χ3n) is 6.99. The summed E-state index contributed by atoms with van der Waals surface area (Å²) in [6.45, 7) is 9.17. The van der Waals surface area contributed by atoms with Crippen molar-refractivity contribution in [3.05, 3.63) is 54.6 Å². The average molecular weight is 565 g/mol. The second kappa shape index (κ2) is 10.5. The molecular weight excluding hydrogens is 532 g/mol. The summed E-state index contributed by atoms with van der Waals surface area (Å²) in [5.74, 6) is -0.673. The van der Waals surface area contributed by atoms with Crippen molar-refractivity contribution in [3.63, 3.8) is 0 Å². The molecule has 0 unspecified atom stereocenters. The van der Waals surface area contributed by atoms with Crippen molar-refractivity contribution in [2.45, 2.75) is 56.9 Å². The molecule has 2 aliphatic rings. The fourth-order valence-electron chi connectivity index (χ4n) is 4.98. The summed E-state index contributed by atoms with van der Waals surface area (Å²) >= 11 is 1.49. The van der Waals surface area contributed by atoms with Crippen molar-refractivity contribution < 1.29 is 28.6 Å². The van der Waals surface area contributed by atoms with E-state index in [1.54, 1.807) is 33.0 Å². The number of nitrogens with zero attached hydrogens (tertiary/aromatic N) is 3. The molecule has 10 nitrogen and oxygen atoms in total. The lowest BCUT2D eigenvalue weighted by Gasteiger charge is -2.28. The minimum Gasteiger partial charge on any atom is -0.487 e. The van der Waals surface area contributed by atoms with E-state index >= 15 is 0 Å². The molecule has 3 aromatic rings. The van der Waals surface area contributed by atoms with Crippen molar-refractivity contribution in [1.29, 1.82) is 0 Å². The number of carbonyl (C=O) groups excluding carboxylic acids is 3. The number of nitrogens with one attached hydrogen (secondary N) is 1. The summed E-state index contributed by atoms with van der Waals surface area (Å²) in [5, 5.41) is 4.78. The molecule has 5 rings (SSSR count). The Kier molecular flexibility index (Phi) is 7.26. The maximum atomic E-state index is 13.6. The Bertz CT molecular complexity index is 1450. The van der Waals surface area contributed by atoms with Gasteiger partial charge in [0.25, 0.3) is 0 Å². The fourth-order valence-corrected chi connectivity index (χ4v) is 5.77. The molecule has 2 fully saturated rings. The van der Waals surface area contributed by atoms with E-state index in [-0.39, 0.29) is 18.9 Å². The Hall–Kier alpha value is -3.99. The van der Waals surface area contributed by atoms with E-state index in [4.69, 9.17) is 19.2 Å². The van der Waals surface area contributed by atoms with Gasteiger partial charge in [-0.2, -0.15) is 0 Å². The predicted octanol–water partition coefficient (Wildman–Crippen LogP) is 4.35. The van der Waals surface area contributed by atoms with Crippen LogP contribution in [0.15, 0.2) is 54.6 Å². The highest BCUT2D eigenvalue weighted by molar-refractivity contribution is 7.17. The molecule has 4 atom stereocenters. The van der Waals surface area contributed by atoms with Gasteiger partial charge in [0.15, 0.2) is 0 Å². The number of hydrogen-bond acceptors (Lipinski definition) is 9. The van der Waals surface area contributed by atoms with Crippen molar-refractivity contribution in [2.24, 2.45) is 5.92 Å². The lowest BCUT2D eigenvalue weighted by Crippen LogP contribution is -2.53. The van der Waals surface area contributed by atoms with Gasteiger partial charge in [0.1, 0.15) is 29.0 Å². The zero-order valence-electron chi connectivity index (χ0n) is 22.9. The van der Waals surface area contributed by atoms with E-state index in [1.165, 1.54) is 23.3 Å². The fraction of sp³-hybridized carbons (Fsp3) is 0.414. The summed E-state index contributed by atoms with van der Waals surface area (Å²) in [4.78, 5) is 49.9. The lowest BCUT2D eigenvalue weighted by atomic mass is 10.1. The summed E-state index contributed by atoms with van der Waals surface area (Å²) in [6.07, 6.45) is 2.76. The highest BCUT2D eigenvalue weighted by Crippen LogP contribution is 2.45. The molecular formula is C29H32N4O6S. The molecule has 210 valence electrons. The van der Waals surface area contributed by atoms with Crippen molar-refractivity contribution in [1.82, 2.24) is 20.2 Å².